The Labute approximate surface area is 98.3 Å². The molecule has 0 aliphatic rings. The molecule has 6 nitrogen and oxygen atoms in total. The van der Waals surface area contributed by atoms with Gasteiger partial charge < -0.3 is 11.5 Å². The van der Waals surface area contributed by atoms with Crippen LogP contribution >= 0.6 is 0 Å². The number of hydrogen-bond donors (Lipinski definition) is 2. The molecular weight excluding hydrogens is 218 g/mol. The molecule has 0 spiro atoms. The summed E-state index contributed by atoms with van der Waals surface area (Å²) in [5.74, 6) is 0.378. The van der Waals surface area contributed by atoms with Gasteiger partial charge in [0.1, 0.15) is 0 Å². The molecule has 0 unspecified atom stereocenters. The average molecular weight is 231 g/mol. The molecule has 0 radical (unpaired) electrons. The Kier molecular flexibility index (Phi) is 3.04. The van der Waals surface area contributed by atoms with E-state index in [0.29, 0.717) is 12.2 Å². The number of nitrogens with two attached hydrogens (primary N) is 2. The van der Waals surface area contributed by atoms with E-state index in [4.69, 9.17) is 11.5 Å². The first-order valence-corrected chi connectivity index (χ1v) is 5.11. The fourth-order valence-electron chi connectivity index (χ4n) is 1.41. The normalized spacial score (nSPS) is 11.7. The molecule has 1 aromatic carbocycles. The number of nitrogen functional groups attached to an aromatic ring is 1. The molecule has 0 saturated carbocycles. The van der Waals surface area contributed by atoms with Gasteiger partial charge in [-0.15, -0.1) is 0 Å². The minimum Gasteiger partial charge on any atom is -0.382 e. The fourth-order valence-corrected chi connectivity index (χ4v) is 1.41. The van der Waals surface area contributed by atoms with Crippen molar-refractivity contribution in [3.8, 4) is 0 Å². The highest BCUT2D eigenvalue weighted by atomic mass is 16.6. The number of anilines is 1. The second kappa shape index (κ2) is 4.65. The van der Waals surface area contributed by atoms with Crippen molar-refractivity contribution in [2.24, 2.45) is 10.7 Å². The van der Waals surface area contributed by atoms with E-state index in [2.05, 4.69) is 19.9 Å². The van der Waals surface area contributed by atoms with Gasteiger partial charge in [-0.2, -0.15) is 0 Å². The topological polar surface area (TPSA) is 103 Å². The Morgan fingerprint density at radius 3 is 2.76 bits per heavy atom. The maximum atomic E-state index is 5.75. The van der Waals surface area contributed by atoms with Crippen molar-refractivity contribution >= 4 is 11.7 Å². The lowest BCUT2D eigenvalue weighted by molar-refractivity contribution is 0.308. The summed E-state index contributed by atoms with van der Waals surface area (Å²) in [6.45, 7) is 2.50. The molecule has 0 saturated heterocycles. The zero-order valence-electron chi connectivity index (χ0n) is 9.42. The third-order valence-corrected chi connectivity index (χ3v) is 2.44. The van der Waals surface area contributed by atoms with Crippen molar-refractivity contribution < 1.29 is 4.63 Å². The van der Waals surface area contributed by atoms with E-state index in [0.717, 1.165) is 11.1 Å². The molecule has 1 heterocycles. The van der Waals surface area contributed by atoms with Crippen LogP contribution in [0.1, 0.15) is 16.8 Å². The monoisotopic (exact) mass is 231 g/mol. The van der Waals surface area contributed by atoms with Crippen LogP contribution in [-0.2, 0) is 6.54 Å². The second-order valence-corrected chi connectivity index (χ2v) is 3.63. The van der Waals surface area contributed by atoms with Gasteiger partial charge in [-0.1, -0.05) is 24.3 Å². The third-order valence-electron chi connectivity index (χ3n) is 2.44. The van der Waals surface area contributed by atoms with E-state index in [1.807, 2.05) is 31.2 Å². The molecule has 0 fully saturated rings. The molecule has 2 rings (SSSR count). The third kappa shape index (κ3) is 2.41. The zero-order chi connectivity index (χ0) is 12.3. The summed E-state index contributed by atoms with van der Waals surface area (Å²) in [7, 11) is 0. The summed E-state index contributed by atoms with van der Waals surface area (Å²) in [5, 5.41) is 7.02. The second-order valence-electron chi connectivity index (χ2n) is 3.63. The van der Waals surface area contributed by atoms with Gasteiger partial charge in [-0.3, -0.25) is 4.99 Å². The fraction of sp³-hybridized carbons (Fsp3) is 0.182. The van der Waals surface area contributed by atoms with Gasteiger partial charge >= 0.3 is 0 Å². The maximum Gasteiger partial charge on any atom is 0.199 e. The van der Waals surface area contributed by atoms with Crippen molar-refractivity contribution in [2.45, 2.75) is 13.5 Å². The summed E-state index contributed by atoms with van der Waals surface area (Å²) in [6, 6.07) is 7.95. The highest BCUT2D eigenvalue weighted by Crippen LogP contribution is 2.09. The lowest BCUT2D eigenvalue weighted by Gasteiger charge is -2.02. The number of amidine groups is 1. The van der Waals surface area contributed by atoms with Gasteiger partial charge in [0.05, 0.1) is 6.54 Å². The first-order valence-electron chi connectivity index (χ1n) is 5.11. The molecule has 0 atom stereocenters. The Morgan fingerprint density at radius 2 is 2.12 bits per heavy atom. The standard InChI is InChI=1S/C11H13N5O/c1-7-4-2-3-5-8(7)6-14-10(12)9-11(13)16-17-15-9/h2-5H,6H2,1H3,(H2,12,14)(H2,13,16). The zero-order valence-corrected chi connectivity index (χ0v) is 9.42. The average Bonchev–Trinajstić information content (AvgIpc) is 2.74. The quantitative estimate of drug-likeness (QED) is 0.602. The van der Waals surface area contributed by atoms with E-state index in [9.17, 15) is 0 Å². The molecule has 0 bridgehead atoms. The predicted octanol–water partition coefficient (Wildman–Crippen LogP) is 0.866. The first-order chi connectivity index (χ1) is 8.18. The number of rotatable bonds is 3. The van der Waals surface area contributed by atoms with Gasteiger partial charge in [-0.05, 0) is 28.4 Å². The molecule has 4 N–H and O–H groups in total. The van der Waals surface area contributed by atoms with Crippen LogP contribution in [0.2, 0.25) is 0 Å². The van der Waals surface area contributed by atoms with Crippen LogP contribution in [0.25, 0.3) is 0 Å². The highest BCUT2D eigenvalue weighted by Gasteiger charge is 2.10. The summed E-state index contributed by atoms with van der Waals surface area (Å²) in [5.41, 5.74) is 13.8. The van der Waals surface area contributed by atoms with Crippen molar-refractivity contribution in [3.63, 3.8) is 0 Å². The SMILES string of the molecule is Cc1ccccc1CN=C(N)c1nonc1N. The minimum absolute atomic E-state index is 0.149. The number of aromatic nitrogens is 2. The molecule has 0 aliphatic heterocycles. The Morgan fingerprint density at radius 1 is 1.35 bits per heavy atom. The van der Waals surface area contributed by atoms with Crippen molar-refractivity contribution in [1.82, 2.24) is 10.3 Å². The molecule has 88 valence electrons. The van der Waals surface area contributed by atoms with Crippen molar-refractivity contribution in [1.29, 1.82) is 0 Å². The Bertz CT molecular complexity index is 546. The Balaban J connectivity index is 2.17. The number of aliphatic imine (C=N–C) groups is 1. The van der Waals surface area contributed by atoms with E-state index in [1.54, 1.807) is 0 Å². The van der Waals surface area contributed by atoms with Crippen LogP contribution in [0.5, 0.6) is 0 Å². The van der Waals surface area contributed by atoms with Crippen LogP contribution in [0, 0.1) is 6.92 Å². The summed E-state index contributed by atoms with van der Waals surface area (Å²) < 4.78 is 4.46. The number of nitrogens with zero attached hydrogens (tertiary/aromatic N) is 3. The lowest BCUT2D eigenvalue weighted by atomic mass is 10.1. The summed E-state index contributed by atoms with van der Waals surface area (Å²) >= 11 is 0. The maximum absolute atomic E-state index is 5.75. The highest BCUT2D eigenvalue weighted by molar-refractivity contribution is 5.99. The molecule has 0 amide bonds. The Hall–Kier alpha value is -2.37. The molecule has 0 aliphatic carbocycles. The van der Waals surface area contributed by atoms with Gasteiger partial charge in [0.25, 0.3) is 0 Å². The summed E-state index contributed by atoms with van der Waals surface area (Å²) in [6.07, 6.45) is 0. The van der Waals surface area contributed by atoms with Gasteiger partial charge in [0, 0.05) is 0 Å². The molecule has 6 heteroatoms. The van der Waals surface area contributed by atoms with E-state index in [1.165, 1.54) is 0 Å². The van der Waals surface area contributed by atoms with E-state index in [-0.39, 0.29) is 11.7 Å². The van der Waals surface area contributed by atoms with Crippen LogP contribution < -0.4 is 11.5 Å². The van der Waals surface area contributed by atoms with Crippen LogP contribution in [0.3, 0.4) is 0 Å². The molecule has 2 aromatic rings. The number of aryl methyl sites for hydroxylation is 1. The van der Waals surface area contributed by atoms with Gasteiger partial charge in [0.15, 0.2) is 17.3 Å². The first kappa shape index (κ1) is 11.1. The van der Waals surface area contributed by atoms with Crippen LogP contribution in [0.15, 0.2) is 33.9 Å². The smallest absolute Gasteiger partial charge is 0.199 e. The largest absolute Gasteiger partial charge is 0.382 e. The van der Waals surface area contributed by atoms with Crippen molar-refractivity contribution in [2.75, 3.05) is 5.73 Å². The lowest BCUT2D eigenvalue weighted by Crippen LogP contribution is -2.16. The predicted molar refractivity (Wildman–Crippen MR) is 64.3 cm³/mol. The van der Waals surface area contributed by atoms with Gasteiger partial charge in [-0.25, -0.2) is 4.63 Å². The molecule has 17 heavy (non-hydrogen) atoms. The molecule has 1 aromatic heterocycles. The van der Waals surface area contributed by atoms with Crippen LogP contribution in [0.4, 0.5) is 5.82 Å². The van der Waals surface area contributed by atoms with Crippen molar-refractivity contribution in [3.05, 3.63) is 41.1 Å². The van der Waals surface area contributed by atoms with E-state index < -0.39 is 0 Å². The molecular formula is C11H13N5O. The summed E-state index contributed by atoms with van der Waals surface area (Å²) in [4.78, 5) is 4.21. The number of hydrogen-bond acceptors (Lipinski definition) is 5. The van der Waals surface area contributed by atoms with Crippen LogP contribution in [-0.4, -0.2) is 16.1 Å². The van der Waals surface area contributed by atoms with Gasteiger partial charge in [0.2, 0.25) is 0 Å². The van der Waals surface area contributed by atoms with E-state index >= 15 is 0 Å². The number of benzene rings is 1. The minimum atomic E-state index is 0.149.